The van der Waals surface area contributed by atoms with E-state index in [1.54, 1.807) is 0 Å². The van der Waals surface area contributed by atoms with Crippen molar-refractivity contribution in [1.29, 1.82) is 0 Å². The van der Waals surface area contributed by atoms with Crippen LogP contribution in [0.4, 0.5) is 0 Å². The molecule has 0 saturated heterocycles. The molecule has 0 unspecified atom stereocenters. The summed E-state index contributed by atoms with van der Waals surface area (Å²) in [6.45, 7) is 0. The highest BCUT2D eigenvalue weighted by atomic mass is 16.6. The van der Waals surface area contributed by atoms with Crippen molar-refractivity contribution < 1.29 is 29.9 Å². The van der Waals surface area contributed by atoms with Gasteiger partial charge in [-0.3, -0.25) is 0 Å². The summed E-state index contributed by atoms with van der Waals surface area (Å²) < 4.78 is 9.78. The highest BCUT2D eigenvalue weighted by molar-refractivity contribution is 4.99. The SMILES string of the molecule is CO[C@H]1[C@H](O)[C@H](O)[C@@H](O)[C@@H](O)[C@@H]1OC. The van der Waals surface area contributed by atoms with Crippen LogP contribution >= 0.6 is 0 Å². The van der Waals surface area contributed by atoms with Gasteiger partial charge in [0, 0.05) is 14.2 Å². The van der Waals surface area contributed by atoms with E-state index in [0.29, 0.717) is 0 Å². The molecule has 14 heavy (non-hydrogen) atoms. The Bertz CT molecular complexity index is 167. The fraction of sp³-hybridized carbons (Fsp3) is 1.00. The second kappa shape index (κ2) is 4.52. The van der Waals surface area contributed by atoms with E-state index in [9.17, 15) is 20.4 Å². The van der Waals surface area contributed by atoms with Gasteiger partial charge in [-0.15, -0.1) is 0 Å². The van der Waals surface area contributed by atoms with Gasteiger partial charge in [-0.25, -0.2) is 0 Å². The number of aliphatic hydroxyl groups excluding tert-OH is 4. The smallest absolute Gasteiger partial charge is 0.114 e. The highest BCUT2D eigenvalue weighted by Crippen LogP contribution is 2.25. The van der Waals surface area contributed by atoms with Crippen molar-refractivity contribution >= 4 is 0 Å². The van der Waals surface area contributed by atoms with Gasteiger partial charge >= 0.3 is 0 Å². The van der Waals surface area contributed by atoms with E-state index in [2.05, 4.69) is 0 Å². The van der Waals surface area contributed by atoms with E-state index >= 15 is 0 Å². The zero-order chi connectivity index (χ0) is 10.9. The number of hydrogen-bond acceptors (Lipinski definition) is 6. The molecule has 0 spiro atoms. The van der Waals surface area contributed by atoms with Gasteiger partial charge in [0.25, 0.3) is 0 Å². The third kappa shape index (κ3) is 1.77. The van der Waals surface area contributed by atoms with Crippen LogP contribution in [-0.4, -0.2) is 71.3 Å². The minimum atomic E-state index is -1.43. The summed E-state index contributed by atoms with van der Waals surface area (Å²) in [5.74, 6) is 0. The van der Waals surface area contributed by atoms with E-state index in [4.69, 9.17) is 9.47 Å². The van der Waals surface area contributed by atoms with Crippen molar-refractivity contribution in [2.75, 3.05) is 14.2 Å². The van der Waals surface area contributed by atoms with E-state index in [-0.39, 0.29) is 0 Å². The van der Waals surface area contributed by atoms with Crippen LogP contribution < -0.4 is 0 Å². The Kier molecular flexibility index (Phi) is 3.82. The number of aliphatic hydroxyl groups is 4. The molecule has 1 fully saturated rings. The molecule has 1 saturated carbocycles. The number of rotatable bonds is 2. The van der Waals surface area contributed by atoms with Crippen molar-refractivity contribution in [3.05, 3.63) is 0 Å². The topological polar surface area (TPSA) is 99.4 Å². The first kappa shape index (κ1) is 11.8. The molecule has 0 heterocycles. The maximum Gasteiger partial charge on any atom is 0.114 e. The van der Waals surface area contributed by atoms with Gasteiger partial charge in [-0.2, -0.15) is 0 Å². The summed E-state index contributed by atoms with van der Waals surface area (Å²) in [7, 11) is 2.66. The molecular weight excluding hydrogens is 192 g/mol. The number of ether oxygens (including phenoxy) is 2. The van der Waals surface area contributed by atoms with E-state index in [1.165, 1.54) is 14.2 Å². The fourth-order valence-corrected chi connectivity index (χ4v) is 1.73. The van der Waals surface area contributed by atoms with Crippen LogP contribution in [0.1, 0.15) is 0 Å². The molecule has 0 radical (unpaired) electrons. The molecule has 6 nitrogen and oxygen atoms in total. The highest BCUT2D eigenvalue weighted by Gasteiger charge is 2.49. The van der Waals surface area contributed by atoms with Crippen molar-refractivity contribution in [2.45, 2.75) is 36.6 Å². The second-order valence-electron chi connectivity index (χ2n) is 3.36. The summed E-state index contributed by atoms with van der Waals surface area (Å²) in [4.78, 5) is 0. The Hall–Kier alpha value is -0.240. The van der Waals surface area contributed by atoms with Crippen molar-refractivity contribution in [2.24, 2.45) is 0 Å². The molecule has 0 aromatic rings. The average Bonchev–Trinajstić information content (AvgIpc) is 2.20. The largest absolute Gasteiger partial charge is 0.387 e. The molecule has 0 aromatic carbocycles. The van der Waals surface area contributed by atoms with E-state index < -0.39 is 36.6 Å². The lowest BCUT2D eigenvalue weighted by Gasteiger charge is -2.42. The Morgan fingerprint density at radius 1 is 0.643 bits per heavy atom. The van der Waals surface area contributed by atoms with Crippen LogP contribution in [0.15, 0.2) is 0 Å². The summed E-state index contributed by atoms with van der Waals surface area (Å²) in [6, 6.07) is 0. The summed E-state index contributed by atoms with van der Waals surface area (Å²) in [6.07, 6.45) is -7.11. The molecule has 6 heteroatoms. The molecule has 1 aliphatic carbocycles. The fourth-order valence-electron chi connectivity index (χ4n) is 1.73. The van der Waals surface area contributed by atoms with Crippen molar-refractivity contribution in [3.8, 4) is 0 Å². The normalized spacial score (nSPS) is 49.3. The molecule has 0 aliphatic heterocycles. The summed E-state index contributed by atoms with van der Waals surface area (Å²) >= 11 is 0. The van der Waals surface area contributed by atoms with Crippen LogP contribution in [-0.2, 0) is 9.47 Å². The Balaban J connectivity index is 2.84. The minimum absolute atomic E-state index is 0.853. The van der Waals surface area contributed by atoms with Gasteiger partial charge in [0.05, 0.1) is 0 Å². The van der Waals surface area contributed by atoms with Crippen LogP contribution in [0.25, 0.3) is 0 Å². The average molecular weight is 208 g/mol. The quantitative estimate of drug-likeness (QED) is 0.399. The van der Waals surface area contributed by atoms with Crippen LogP contribution in [0, 0.1) is 0 Å². The summed E-state index contributed by atoms with van der Waals surface area (Å²) in [5, 5.41) is 37.7. The zero-order valence-corrected chi connectivity index (χ0v) is 8.07. The predicted molar refractivity (Wildman–Crippen MR) is 45.6 cm³/mol. The molecule has 84 valence electrons. The molecular formula is C8H16O6. The minimum Gasteiger partial charge on any atom is -0.387 e. The van der Waals surface area contributed by atoms with Gasteiger partial charge in [0.15, 0.2) is 0 Å². The van der Waals surface area contributed by atoms with Crippen LogP contribution in [0.2, 0.25) is 0 Å². The van der Waals surface area contributed by atoms with Gasteiger partial charge in [-0.05, 0) is 0 Å². The molecule has 0 amide bonds. The third-order valence-electron chi connectivity index (χ3n) is 2.59. The van der Waals surface area contributed by atoms with Gasteiger partial charge in [-0.1, -0.05) is 0 Å². The van der Waals surface area contributed by atoms with E-state index in [1.807, 2.05) is 0 Å². The molecule has 1 rings (SSSR count). The first-order valence-electron chi connectivity index (χ1n) is 4.32. The van der Waals surface area contributed by atoms with Crippen molar-refractivity contribution in [3.63, 3.8) is 0 Å². The van der Waals surface area contributed by atoms with Gasteiger partial charge in [0.2, 0.25) is 0 Å². The second-order valence-corrected chi connectivity index (χ2v) is 3.36. The van der Waals surface area contributed by atoms with Crippen molar-refractivity contribution in [1.82, 2.24) is 0 Å². The molecule has 6 atom stereocenters. The van der Waals surface area contributed by atoms with Crippen LogP contribution in [0.3, 0.4) is 0 Å². The maximum absolute atomic E-state index is 9.50. The Labute approximate surface area is 81.7 Å². The standard InChI is InChI=1S/C8H16O6/c1-13-7-5(11)3(9)4(10)6(12)8(7)14-2/h3-12H,1-2H3/t3-,4-,5-,6-,7+,8+/m1/s1. The zero-order valence-electron chi connectivity index (χ0n) is 8.07. The number of methoxy groups -OCH3 is 2. The van der Waals surface area contributed by atoms with Crippen LogP contribution in [0.5, 0.6) is 0 Å². The predicted octanol–water partition coefficient (Wildman–Crippen LogP) is -2.53. The molecule has 0 bridgehead atoms. The molecule has 4 N–H and O–H groups in total. The van der Waals surface area contributed by atoms with Gasteiger partial charge in [0.1, 0.15) is 36.6 Å². The third-order valence-corrected chi connectivity index (χ3v) is 2.59. The lowest BCUT2D eigenvalue weighted by Crippen LogP contribution is -2.64. The molecule has 1 aliphatic rings. The van der Waals surface area contributed by atoms with E-state index in [0.717, 1.165) is 0 Å². The Morgan fingerprint density at radius 2 is 0.929 bits per heavy atom. The summed E-state index contributed by atoms with van der Waals surface area (Å²) in [5.41, 5.74) is 0. The first-order valence-corrected chi connectivity index (χ1v) is 4.32. The maximum atomic E-state index is 9.50. The lowest BCUT2D eigenvalue weighted by molar-refractivity contribution is -0.235. The molecule has 0 aromatic heterocycles. The first-order chi connectivity index (χ1) is 6.54. The Morgan fingerprint density at radius 3 is 1.14 bits per heavy atom. The number of hydrogen-bond donors (Lipinski definition) is 4. The lowest BCUT2D eigenvalue weighted by atomic mass is 9.85. The van der Waals surface area contributed by atoms with Gasteiger partial charge < -0.3 is 29.9 Å². The monoisotopic (exact) mass is 208 g/mol.